The van der Waals surface area contributed by atoms with E-state index in [9.17, 15) is 4.39 Å². The maximum absolute atomic E-state index is 12.9. The van der Waals surface area contributed by atoms with Crippen molar-refractivity contribution in [1.82, 2.24) is 5.48 Å². The summed E-state index contributed by atoms with van der Waals surface area (Å²) >= 11 is 0. The number of benzene rings is 1. The molecule has 0 fully saturated rings. The van der Waals surface area contributed by atoms with Crippen LogP contribution in [0.15, 0.2) is 18.2 Å². The second-order valence-electron chi connectivity index (χ2n) is 2.87. The highest BCUT2D eigenvalue weighted by Gasteiger charge is 2.24. The third-order valence-corrected chi connectivity index (χ3v) is 2.01. The van der Waals surface area contributed by atoms with E-state index >= 15 is 0 Å². The normalized spacial score (nSPS) is 19.7. The number of hydrogen-bond acceptors (Lipinski definition) is 3. The van der Waals surface area contributed by atoms with Crippen molar-refractivity contribution < 1.29 is 14.0 Å². The number of fused-ring (bicyclic) bond motifs is 1. The molecule has 1 aliphatic heterocycles. The number of hydrogen-bond donors (Lipinski definition) is 1. The van der Waals surface area contributed by atoms with Gasteiger partial charge in [-0.25, -0.2) is 4.39 Å². The van der Waals surface area contributed by atoms with Crippen molar-refractivity contribution in [2.45, 2.75) is 6.04 Å². The molecule has 4 heteroatoms. The second kappa shape index (κ2) is 3.32. The van der Waals surface area contributed by atoms with Crippen LogP contribution in [0, 0.1) is 5.82 Å². The molecule has 2 rings (SSSR count). The van der Waals surface area contributed by atoms with Crippen molar-refractivity contribution in [3.63, 3.8) is 0 Å². The van der Waals surface area contributed by atoms with E-state index < -0.39 is 0 Å². The fraction of sp³-hybridized carbons (Fsp3) is 0.333. The molecule has 0 saturated heterocycles. The Morgan fingerprint density at radius 3 is 3.23 bits per heavy atom. The van der Waals surface area contributed by atoms with E-state index in [1.165, 1.54) is 19.2 Å². The Morgan fingerprint density at radius 1 is 1.62 bits per heavy atom. The standard InChI is InChI=1S/C9H10FNO2/c1-12-11-8-5-13-9-3-2-6(10)4-7(8)9/h2-4,8,11H,5H2,1H3. The molecule has 1 heterocycles. The van der Waals surface area contributed by atoms with Crippen molar-refractivity contribution in [1.29, 1.82) is 0 Å². The van der Waals surface area contributed by atoms with Gasteiger partial charge in [0.2, 0.25) is 0 Å². The molecule has 1 atom stereocenters. The van der Waals surface area contributed by atoms with Gasteiger partial charge in [-0.2, -0.15) is 5.48 Å². The van der Waals surface area contributed by atoms with Crippen LogP contribution < -0.4 is 10.2 Å². The minimum Gasteiger partial charge on any atom is -0.491 e. The zero-order chi connectivity index (χ0) is 9.26. The average molecular weight is 183 g/mol. The molecule has 0 saturated carbocycles. The van der Waals surface area contributed by atoms with Crippen molar-refractivity contribution in [3.05, 3.63) is 29.6 Å². The maximum Gasteiger partial charge on any atom is 0.124 e. The van der Waals surface area contributed by atoms with E-state index in [4.69, 9.17) is 9.57 Å². The molecule has 0 aliphatic carbocycles. The lowest BCUT2D eigenvalue weighted by Gasteiger charge is -2.07. The molecule has 1 aromatic rings. The Labute approximate surface area is 75.4 Å². The third-order valence-electron chi connectivity index (χ3n) is 2.01. The van der Waals surface area contributed by atoms with Gasteiger partial charge < -0.3 is 9.57 Å². The summed E-state index contributed by atoms with van der Waals surface area (Å²) in [4.78, 5) is 4.77. The van der Waals surface area contributed by atoms with Gasteiger partial charge >= 0.3 is 0 Å². The van der Waals surface area contributed by atoms with Gasteiger partial charge in [-0.05, 0) is 18.2 Å². The fourth-order valence-corrected chi connectivity index (χ4v) is 1.43. The van der Waals surface area contributed by atoms with Crippen LogP contribution in [-0.4, -0.2) is 13.7 Å². The lowest BCUT2D eigenvalue weighted by Crippen LogP contribution is -2.20. The fourth-order valence-electron chi connectivity index (χ4n) is 1.43. The van der Waals surface area contributed by atoms with Gasteiger partial charge in [0.15, 0.2) is 0 Å². The maximum atomic E-state index is 12.9. The molecular formula is C9H10FNO2. The summed E-state index contributed by atoms with van der Waals surface area (Å²) in [6, 6.07) is 4.39. The zero-order valence-electron chi connectivity index (χ0n) is 7.21. The zero-order valence-corrected chi connectivity index (χ0v) is 7.21. The molecule has 0 aromatic heterocycles. The molecule has 0 amide bonds. The van der Waals surface area contributed by atoms with Gasteiger partial charge in [0, 0.05) is 5.56 Å². The van der Waals surface area contributed by atoms with E-state index in [0.29, 0.717) is 6.61 Å². The largest absolute Gasteiger partial charge is 0.491 e. The predicted octanol–water partition coefficient (Wildman–Crippen LogP) is 1.41. The van der Waals surface area contributed by atoms with Crippen molar-refractivity contribution >= 4 is 0 Å². The summed E-state index contributed by atoms with van der Waals surface area (Å²) in [7, 11) is 1.53. The van der Waals surface area contributed by atoms with Crippen LogP contribution in [0.25, 0.3) is 0 Å². The molecule has 0 radical (unpaired) electrons. The predicted molar refractivity (Wildman–Crippen MR) is 44.8 cm³/mol. The quantitative estimate of drug-likeness (QED) is 0.703. The van der Waals surface area contributed by atoms with Gasteiger partial charge in [-0.3, -0.25) is 0 Å². The molecule has 3 nitrogen and oxygen atoms in total. The second-order valence-corrected chi connectivity index (χ2v) is 2.87. The number of hydroxylamine groups is 1. The Hall–Kier alpha value is -1.13. The van der Waals surface area contributed by atoms with Crippen LogP contribution in [0.1, 0.15) is 11.6 Å². The summed E-state index contributed by atoms with van der Waals surface area (Å²) in [6.07, 6.45) is 0. The van der Waals surface area contributed by atoms with Gasteiger partial charge in [-0.15, -0.1) is 0 Å². The highest BCUT2D eigenvalue weighted by molar-refractivity contribution is 5.39. The first-order chi connectivity index (χ1) is 6.31. The number of ether oxygens (including phenoxy) is 1. The smallest absolute Gasteiger partial charge is 0.124 e. The van der Waals surface area contributed by atoms with E-state index in [1.54, 1.807) is 6.07 Å². The first kappa shape index (κ1) is 8.47. The van der Waals surface area contributed by atoms with Gasteiger partial charge in [0.05, 0.1) is 13.2 Å². The first-order valence-electron chi connectivity index (χ1n) is 4.02. The summed E-state index contributed by atoms with van der Waals surface area (Å²) in [5, 5.41) is 0. The first-order valence-corrected chi connectivity index (χ1v) is 4.02. The SMILES string of the molecule is CONC1COc2ccc(F)cc21. The number of halogens is 1. The highest BCUT2D eigenvalue weighted by Crippen LogP contribution is 2.32. The number of nitrogens with one attached hydrogen (secondary N) is 1. The summed E-state index contributed by atoms with van der Waals surface area (Å²) in [6.45, 7) is 0.479. The minimum atomic E-state index is -0.257. The topological polar surface area (TPSA) is 30.5 Å². The Bertz CT molecular complexity index is 314. The van der Waals surface area contributed by atoms with Crippen LogP contribution in [0.5, 0.6) is 5.75 Å². The molecule has 0 spiro atoms. The van der Waals surface area contributed by atoms with Crippen LogP contribution in [-0.2, 0) is 4.84 Å². The van der Waals surface area contributed by atoms with Gasteiger partial charge in [0.25, 0.3) is 0 Å². The minimum absolute atomic E-state index is 0.0734. The van der Waals surface area contributed by atoms with Gasteiger partial charge in [-0.1, -0.05) is 0 Å². The van der Waals surface area contributed by atoms with E-state index in [0.717, 1.165) is 11.3 Å². The molecule has 13 heavy (non-hydrogen) atoms. The van der Waals surface area contributed by atoms with E-state index in [1.807, 2.05) is 0 Å². The molecule has 1 unspecified atom stereocenters. The molecule has 1 aromatic carbocycles. The average Bonchev–Trinajstić information content (AvgIpc) is 2.49. The van der Waals surface area contributed by atoms with Crippen LogP contribution in [0.4, 0.5) is 4.39 Å². The van der Waals surface area contributed by atoms with Gasteiger partial charge in [0.1, 0.15) is 18.2 Å². The summed E-state index contributed by atoms with van der Waals surface area (Å²) in [5.41, 5.74) is 3.54. The summed E-state index contributed by atoms with van der Waals surface area (Å²) in [5.74, 6) is 0.461. The lowest BCUT2D eigenvalue weighted by atomic mass is 10.1. The van der Waals surface area contributed by atoms with Crippen LogP contribution in [0.3, 0.4) is 0 Å². The molecule has 0 bridgehead atoms. The van der Waals surface area contributed by atoms with Crippen molar-refractivity contribution in [2.75, 3.05) is 13.7 Å². The van der Waals surface area contributed by atoms with Crippen LogP contribution in [0.2, 0.25) is 0 Å². The molecule has 1 aliphatic rings. The third kappa shape index (κ3) is 1.50. The van der Waals surface area contributed by atoms with Crippen LogP contribution >= 0.6 is 0 Å². The lowest BCUT2D eigenvalue weighted by molar-refractivity contribution is 0.0535. The van der Waals surface area contributed by atoms with E-state index in [-0.39, 0.29) is 11.9 Å². The molecule has 1 N–H and O–H groups in total. The molecule has 70 valence electrons. The van der Waals surface area contributed by atoms with Crippen molar-refractivity contribution in [3.8, 4) is 5.75 Å². The highest BCUT2D eigenvalue weighted by atomic mass is 19.1. The number of rotatable bonds is 2. The summed E-state index contributed by atoms with van der Waals surface area (Å²) < 4.78 is 18.2. The van der Waals surface area contributed by atoms with E-state index in [2.05, 4.69) is 5.48 Å². The monoisotopic (exact) mass is 183 g/mol. The molecular weight excluding hydrogens is 173 g/mol. The van der Waals surface area contributed by atoms with Crippen molar-refractivity contribution in [2.24, 2.45) is 0 Å². The Morgan fingerprint density at radius 2 is 2.46 bits per heavy atom. The Kier molecular flexibility index (Phi) is 2.16. The Balaban J connectivity index is 2.29.